The predicted molar refractivity (Wildman–Crippen MR) is 98.9 cm³/mol. The minimum atomic E-state index is 0.638. The topological polar surface area (TPSA) is 39.3 Å². The normalized spacial score (nSPS) is 10.3. The van der Waals surface area contributed by atoms with Gasteiger partial charge >= 0.3 is 0 Å². The Morgan fingerprint density at radius 1 is 0.955 bits per heavy atom. The van der Waals surface area contributed by atoms with Gasteiger partial charge in [0.25, 0.3) is 0 Å². The van der Waals surface area contributed by atoms with Crippen molar-refractivity contribution < 1.29 is 0 Å². The molecule has 0 spiro atoms. The van der Waals surface area contributed by atoms with Crippen LogP contribution in [0.1, 0.15) is 0 Å². The lowest BCUT2D eigenvalue weighted by molar-refractivity contribution is 0.413. The van der Waals surface area contributed by atoms with E-state index in [2.05, 4.69) is 20.9 Å². The molecule has 0 aliphatic heterocycles. The summed E-state index contributed by atoms with van der Waals surface area (Å²) < 4.78 is 0. The van der Waals surface area contributed by atoms with Gasteiger partial charge in [0.05, 0.1) is 0 Å². The first-order chi connectivity index (χ1) is 10.6. The first-order valence-electron chi connectivity index (χ1n) is 7.25. The monoisotopic (exact) mass is 314 g/mol. The van der Waals surface area contributed by atoms with Crippen LogP contribution in [0.4, 0.5) is 17.1 Å². The summed E-state index contributed by atoms with van der Waals surface area (Å²) in [6.45, 7) is 1.76. The molecule has 0 atom stereocenters. The number of nitrogens with one attached hydrogen (secondary N) is 3. The first kappa shape index (κ1) is 16.3. The Hall–Kier alpha value is -2.11. The molecule has 0 radical (unpaired) electrons. The molecule has 0 heterocycles. The van der Waals surface area contributed by atoms with Gasteiger partial charge in [-0.3, -0.25) is 0 Å². The second kappa shape index (κ2) is 8.36. The smallest absolute Gasteiger partial charge is 0.170 e. The fourth-order valence-corrected chi connectivity index (χ4v) is 2.15. The zero-order valence-electron chi connectivity index (χ0n) is 13.0. The highest BCUT2D eigenvalue weighted by Gasteiger charge is 2.00. The average molecular weight is 314 g/mol. The van der Waals surface area contributed by atoms with E-state index >= 15 is 0 Å². The van der Waals surface area contributed by atoms with Crippen molar-refractivity contribution in [3.8, 4) is 0 Å². The molecule has 0 unspecified atom stereocenters. The largest absolute Gasteiger partial charge is 0.361 e. The number of nitrogens with zero attached hydrogens (tertiary/aromatic N) is 1. The van der Waals surface area contributed by atoms with Crippen LogP contribution in [0.2, 0.25) is 0 Å². The van der Waals surface area contributed by atoms with Crippen molar-refractivity contribution in [1.82, 2.24) is 10.2 Å². The molecule has 0 aliphatic carbocycles. The van der Waals surface area contributed by atoms with Crippen LogP contribution >= 0.6 is 12.2 Å². The van der Waals surface area contributed by atoms with Crippen LogP contribution in [0, 0.1) is 0 Å². The summed E-state index contributed by atoms with van der Waals surface area (Å²) in [6, 6.07) is 18.1. The van der Waals surface area contributed by atoms with Crippen molar-refractivity contribution in [1.29, 1.82) is 0 Å². The Balaban J connectivity index is 1.89. The predicted octanol–water partition coefficient (Wildman–Crippen LogP) is 3.28. The molecule has 0 saturated heterocycles. The molecule has 0 aliphatic rings. The maximum absolute atomic E-state index is 5.30. The van der Waals surface area contributed by atoms with E-state index in [4.69, 9.17) is 12.2 Å². The highest BCUT2D eigenvalue weighted by atomic mass is 32.1. The lowest BCUT2D eigenvalue weighted by Gasteiger charge is -2.14. The van der Waals surface area contributed by atoms with E-state index in [9.17, 15) is 0 Å². The fourth-order valence-electron chi connectivity index (χ4n) is 1.93. The summed E-state index contributed by atoms with van der Waals surface area (Å²) in [7, 11) is 4.08. The summed E-state index contributed by atoms with van der Waals surface area (Å²) in [5.41, 5.74) is 3.04. The highest BCUT2D eigenvalue weighted by molar-refractivity contribution is 7.80. The Bertz CT molecular complexity index is 599. The summed E-state index contributed by atoms with van der Waals surface area (Å²) in [5.74, 6) is 0. The Morgan fingerprint density at radius 3 is 2.36 bits per heavy atom. The van der Waals surface area contributed by atoms with E-state index in [-0.39, 0.29) is 0 Å². The van der Waals surface area contributed by atoms with E-state index in [1.54, 1.807) is 0 Å². The Kier molecular flexibility index (Phi) is 6.18. The third-order valence-corrected chi connectivity index (χ3v) is 3.27. The summed E-state index contributed by atoms with van der Waals surface area (Å²) in [6.07, 6.45) is 0. The van der Waals surface area contributed by atoms with Gasteiger partial charge in [0, 0.05) is 30.2 Å². The highest BCUT2D eigenvalue weighted by Crippen LogP contribution is 2.19. The van der Waals surface area contributed by atoms with Crippen LogP contribution in [-0.4, -0.2) is 37.2 Å². The van der Waals surface area contributed by atoms with Gasteiger partial charge in [-0.25, -0.2) is 0 Å². The molecule has 0 amide bonds. The lowest BCUT2D eigenvalue weighted by atomic mass is 10.2. The standard InChI is InChI=1S/C17H22N4S/c1-21(2)12-11-18-17(22)20-16-10-6-9-15(13-16)19-14-7-4-3-5-8-14/h3-10,13,19H,11-12H2,1-2H3,(H2,18,20,22). The minimum absolute atomic E-state index is 0.638. The van der Waals surface area contributed by atoms with Crippen molar-refractivity contribution in [3.63, 3.8) is 0 Å². The number of benzene rings is 2. The number of anilines is 3. The number of rotatable bonds is 6. The Labute approximate surface area is 137 Å². The van der Waals surface area contributed by atoms with Gasteiger partial charge in [-0.05, 0) is 56.6 Å². The fraction of sp³-hybridized carbons (Fsp3) is 0.235. The molecule has 2 rings (SSSR count). The lowest BCUT2D eigenvalue weighted by Crippen LogP contribution is -2.34. The van der Waals surface area contributed by atoms with Gasteiger partial charge in [-0.15, -0.1) is 0 Å². The number of likely N-dealkylation sites (N-methyl/N-ethyl adjacent to an activating group) is 1. The molecule has 0 aromatic heterocycles. The van der Waals surface area contributed by atoms with Crippen molar-refractivity contribution in [2.75, 3.05) is 37.8 Å². The molecule has 5 heteroatoms. The number of hydrogen-bond acceptors (Lipinski definition) is 3. The van der Waals surface area contributed by atoms with Crippen molar-refractivity contribution in [3.05, 3.63) is 54.6 Å². The molecule has 0 saturated carbocycles. The average Bonchev–Trinajstić information content (AvgIpc) is 2.48. The molecule has 0 bridgehead atoms. The van der Waals surface area contributed by atoms with Gasteiger partial charge < -0.3 is 20.9 Å². The second-order valence-corrected chi connectivity index (χ2v) is 5.66. The summed E-state index contributed by atoms with van der Waals surface area (Å²) in [5, 5.41) is 10.4. The molecule has 4 nitrogen and oxygen atoms in total. The third-order valence-electron chi connectivity index (χ3n) is 3.03. The van der Waals surface area contributed by atoms with Crippen molar-refractivity contribution in [2.45, 2.75) is 0 Å². The van der Waals surface area contributed by atoms with Crippen molar-refractivity contribution >= 4 is 34.4 Å². The molecular weight excluding hydrogens is 292 g/mol. The van der Waals surface area contributed by atoms with E-state index in [1.165, 1.54) is 0 Å². The van der Waals surface area contributed by atoms with Crippen LogP contribution in [0.25, 0.3) is 0 Å². The van der Waals surface area contributed by atoms with Crippen molar-refractivity contribution in [2.24, 2.45) is 0 Å². The SMILES string of the molecule is CN(C)CCNC(=S)Nc1cccc(Nc2ccccc2)c1. The van der Waals surface area contributed by atoms with E-state index in [1.807, 2.05) is 68.7 Å². The number of thiocarbonyl (C=S) groups is 1. The van der Waals surface area contributed by atoms with Crippen LogP contribution in [0.15, 0.2) is 54.6 Å². The summed E-state index contributed by atoms with van der Waals surface area (Å²) >= 11 is 5.30. The first-order valence-corrected chi connectivity index (χ1v) is 7.66. The van der Waals surface area contributed by atoms with E-state index in [0.717, 1.165) is 30.2 Å². The van der Waals surface area contributed by atoms with Gasteiger partial charge in [0.2, 0.25) is 0 Å². The molecule has 3 N–H and O–H groups in total. The third kappa shape index (κ3) is 5.71. The van der Waals surface area contributed by atoms with E-state index in [0.29, 0.717) is 5.11 Å². The molecule has 2 aromatic rings. The Morgan fingerprint density at radius 2 is 1.64 bits per heavy atom. The van der Waals surface area contributed by atoms with Gasteiger partial charge in [-0.1, -0.05) is 24.3 Å². The molecular formula is C17H22N4S. The van der Waals surface area contributed by atoms with Gasteiger partial charge in [-0.2, -0.15) is 0 Å². The summed E-state index contributed by atoms with van der Waals surface area (Å²) in [4.78, 5) is 2.11. The van der Waals surface area contributed by atoms with E-state index < -0.39 is 0 Å². The quantitative estimate of drug-likeness (QED) is 0.714. The molecule has 116 valence electrons. The molecule has 22 heavy (non-hydrogen) atoms. The second-order valence-electron chi connectivity index (χ2n) is 5.26. The number of para-hydroxylation sites is 1. The minimum Gasteiger partial charge on any atom is -0.361 e. The van der Waals surface area contributed by atoms with Gasteiger partial charge in [0.15, 0.2) is 5.11 Å². The zero-order chi connectivity index (χ0) is 15.8. The molecule has 0 fully saturated rings. The van der Waals surface area contributed by atoms with Crippen LogP contribution in [0.5, 0.6) is 0 Å². The maximum Gasteiger partial charge on any atom is 0.170 e. The maximum atomic E-state index is 5.30. The zero-order valence-corrected chi connectivity index (χ0v) is 13.8. The van der Waals surface area contributed by atoms with Crippen LogP contribution in [-0.2, 0) is 0 Å². The van der Waals surface area contributed by atoms with Crippen LogP contribution < -0.4 is 16.0 Å². The van der Waals surface area contributed by atoms with Gasteiger partial charge in [0.1, 0.15) is 0 Å². The number of hydrogen-bond donors (Lipinski definition) is 3. The van der Waals surface area contributed by atoms with Crippen LogP contribution in [0.3, 0.4) is 0 Å². The molecule has 2 aromatic carbocycles.